The lowest BCUT2D eigenvalue weighted by Gasteiger charge is -2.23. The van der Waals surface area contributed by atoms with Gasteiger partial charge < -0.3 is 15.0 Å². The molecule has 0 aliphatic carbocycles. The molecule has 1 amide bonds. The second-order valence-electron chi connectivity index (χ2n) is 4.95. The van der Waals surface area contributed by atoms with Crippen LogP contribution in [0.2, 0.25) is 0 Å². The molecule has 0 spiro atoms. The number of para-hydroxylation sites is 3. The van der Waals surface area contributed by atoms with Crippen molar-refractivity contribution in [2.24, 2.45) is 0 Å². The third kappa shape index (κ3) is 2.57. The van der Waals surface area contributed by atoms with Gasteiger partial charge in [0.2, 0.25) is 0 Å². The van der Waals surface area contributed by atoms with E-state index < -0.39 is 0 Å². The summed E-state index contributed by atoms with van der Waals surface area (Å²) in [5.74, 6) is 0.584. The van der Waals surface area contributed by atoms with Crippen molar-refractivity contribution in [2.45, 2.75) is 6.42 Å². The van der Waals surface area contributed by atoms with E-state index in [1.165, 1.54) is 0 Å². The van der Waals surface area contributed by atoms with Gasteiger partial charge >= 0.3 is 0 Å². The topological polar surface area (TPSA) is 41.6 Å². The Morgan fingerprint density at radius 2 is 1.90 bits per heavy atom. The Kier molecular flexibility index (Phi) is 3.77. The van der Waals surface area contributed by atoms with Gasteiger partial charge in [0.1, 0.15) is 5.75 Å². The van der Waals surface area contributed by atoms with Crippen LogP contribution in [0.25, 0.3) is 0 Å². The Morgan fingerprint density at radius 3 is 2.76 bits per heavy atom. The Hall–Kier alpha value is -2.49. The summed E-state index contributed by atoms with van der Waals surface area (Å²) >= 11 is 0. The fraction of sp³-hybridized carbons (Fsp3) is 0.235. The normalized spacial score (nSPS) is 13.9. The van der Waals surface area contributed by atoms with Gasteiger partial charge in [-0.05, 0) is 30.7 Å². The predicted molar refractivity (Wildman–Crippen MR) is 84.2 cm³/mol. The minimum Gasteiger partial charge on any atom is -0.496 e. The molecule has 1 aliphatic heterocycles. The number of carbonyl (C=O) groups excluding carboxylic acids is 1. The van der Waals surface area contributed by atoms with Crippen LogP contribution in [0, 0.1) is 0 Å². The molecule has 2 aromatic rings. The molecule has 0 radical (unpaired) electrons. The number of carbonyl (C=O) groups is 1. The highest BCUT2D eigenvalue weighted by molar-refractivity contribution is 6.09. The predicted octanol–water partition coefficient (Wildman–Crippen LogP) is 3.16. The number of nitrogens with one attached hydrogen (secondary N) is 1. The van der Waals surface area contributed by atoms with Gasteiger partial charge in [0, 0.05) is 13.1 Å². The summed E-state index contributed by atoms with van der Waals surface area (Å²) in [6.45, 7) is 1.56. The Morgan fingerprint density at radius 1 is 1.14 bits per heavy atom. The van der Waals surface area contributed by atoms with Gasteiger partial charge in [-0.15, -0.1) is 0 Å². The van der Waals surface area contributed by atoms with Crippen LogP contribution >= 0.6 is 0 Å². The maximum atomic E-state index is 12.9. The van der Waals surface area contributed by atoms with E-state index >= 15 is 0 Å². The molecule has 4 heteroatoms. The summed E-state index contributed by atoms with van der Waals surface area (Å²) in [4.78, 5) is 14.7. The lowest BCUT2D eigenvalue weighted by atomic mass is 10.1. The number of rotatable bonds is 2. The Balaban J connectivity index is 2.01. The number of ether oxygens (including phenoxy) is 1. The molecule has 0 aromatic heterocycles. The lowest BCUT2D eigenvalue weighted by Crippen LogP contribution is -2.31. The van der Waals surface area contributed by atoms with E-state index in [-0.39, 0.29) is 5.91 Å². The van der Waals surface area contributed by atoms with E-state index in [0.717, 1.165) is 24.3 Å². The van der Waals surface area contributed by atoms with Crippen molar-refractivity contribution in [3.8, 4) is 5.75 Å². The first-order valence-corrected chi connectivity index (χ1v) is 7.09. The fourth-order valence-corrected chi connectivity index (χ4v) is 2.62. The van der Waals surface area contributed by atoms with E-state index in [0.29, 0.717) is 17.9 Å². The van der Waals surface area contributed by atoms with Gasteiger partial charge in [-0.25, -0.2) is 0 Å². The number of anilines is 2. The van der Waals surface area contributed by atoms with Crippen molar-refractivity contribution in [3.05, 3.63) is 54.1 Å². The summed E-state index contributed by atoms with van der Waals surface area (Å²) < 4.78 is 5.31. The largest absolute Gasteiger partial charge is 0.496 e. The van der Waals surface area contributed by atoms with Gasteiger partial charge in [0.05, 0.1) is 24.0 Å². The molecule has 0 atom stereocenters. The second kappa shape index (κ2) is 5.87. The molecule has 108 valence electrons. The van der Waals surface area contributed by atoms with Crippen LogP contribution in [-0.4, -0.2) is 26.1 Å². The number of fused-ring (bicyclic) bond motifs is 1. The number of amides is 1. The van der Waals surface area contributed by atoms with Crippen LogP contribution in [0.4, 0.5) is 11.4 Å². The number of benzene rings is 2. The Bertz CT molecular complexity index is 655. The second-order valence-corrected chi connectivity index (χ2v) is 4.95. The standard InChI is InChI=1S/C17H18N2O2/c1-21-16-10-5-2-7-13(16)17(20)19-12-6-11-18-14-8-3-4-9-15(14)19/h2-5,7-10,18H,6,11-12H2,1H3. The molecule has 3 rings (SSSR count). The molecule has 1 N–H and O–H groups in total. The van der Waals surface area contributed by atoms with E-state index in [1.54, 1.807) is 7.11 Å². The summed E-state index contributed by atoms with van der Waals surface area (Å²) in [6, 6.07) is 15.3. The third-order valence-corrected chi connectivity index (χ3v) is 3.65. The monoisotopic (exact) mass is 282 g/mol. The summed E-state index contributed by atoms with van der Waals surface area (Å²) in [5, 5.41) is 3.36. The van der Waals surface area contributed by atoms with Crippen LogP contribution in [0.1, 0.15) is 16.8 Å². The van der Waals surface area contributed by atoms with Crippen molar-refractivity contribution in [1.29, 1.82) is 0 Å². The van der Waals surface area contributed by atoms with Gasteiger partial charge in [-0.3, -0.25) is 4.79 Å². The van der Waals surface area contributed by atoms with E-state index in [4.69, 9.17) is 4.74 Å². The first-order valence-electron chi connectivity index (χ1n) is 7.09. The van der Waals surface area contributed by atoms with Crippen molar-refractivity contribution in [3.63, 3.8) is 0 Å². The SMILES string of the molecule is COc1ccccc1C(=O)N1CCCNc2ccccc21. The number of methoxy groups -OCH3 is 1. The van der Waals surface area contributed by atoms with Crippen LogP contribution in [0.3, 0.4) is 0 Å². The Labute approximate surface area is 124 Å². The zero-order chi connectivity index (χ0) is 14.7. The number of nitrogens with zero attached hydrogens (tertiary/aromatic N) is 1. The maximum Gasteiger partial charge on any atom is 0.262 e. The summed E-state index contributed by atoms with van der Waals surface area (Å²) in [5.41, 5.74) is 2.51. The summed E-state index contributed by atoms with van der Waals surface area (Å²) in [6.07, 6.45) is 0.912. The van der Waals surface area contributed by atoms with Gasteiger partial charge in [0.25, 0.3) is 5.91 Å². The molecule has 1 heterocycles. The molecule has 2 aromatic carbocycles. The molecule has 0 saturated carbocycles. The van der Waals surface area contributed by atoms with E-state index in [1.807, 2.05) is 53.4 Å². The van der Waals surface area contributed by atoms with Crippen LogP contribution < -0.4 is 15.0 Å². The number of hydrogen-bond acceptors (Lipinski definition) is 3. The van der Waals surface area contributed by atoms with Crippen molar-refractivity contribution < 1.29 is 9.53 Å². The molecule has 0 bridgehead atoms. The smallest absolute Gasteiger partial charge is 0.262 e. The third-order valence-electron chi connectivity index (χ3n) is 3.65. The van der Waals surface area contributed by atoms with Crippen molar-refractivity contribution in [1.82, 2.24) is 0 Å². The first kappa shape index (κ1) is 13.5. The molecular formula is C17H18N2O2. The molecule has 0 saturated heterocycles. The van der Waals surface area contributed by atoms with E-state index in [9.17, 15) is 4.79 Å². The van der Waals surface area contributed by atoms with Crippen LogP contribution in [0.15, 0.2) is 48.5 Å². The highest BCUT2D eigenvalue weighted by Gasteiger charge is 2.24. The zero-order valence-electron chi connectivity index (χ0n) is 12.0. The van der Waals surface area contributed by atoms with E-state index in [2.05, 4.69) is 5.32 Å². The van der Waals surface area contributed by atoms with Crippen molar-refractivity contribution >= 4 is 17.3 Å². The van der Waals surface area contributed by atoms with Gasteiger partial charge in [-0.1, -0.05) is 24.3 Å². The van der Waals surface area contributed by atoms with Gasteiger partial charge in [0.15, 0.2) is 0 Å². The molecule has 0 fully saturated rings. The fourth-order valence-electron chi connectivity index (χ4n) is 2.62. The average molecular weight is 282 g/mol. The molecule has 1 aliphatic rings. The molecule has 21 heavy (non-hydrogen) atoms. The zero-order valence-corrected chi connectivity index (χ0v) is 12.0. The summed E-state index contributed by atoms with van der Waals surface area (Å²) in [7, 11) is 1.59. The van der Waals surface area contributed by atoms with Gasteiger partial charge in [-0.2, -0.15) is 0 Å². The minimum absolute atomic E-state index is 0.0244. The van der Waals surface area contributed by atoms with Crippen molar-refractivity contribution in [2.75, 3.05) is 30.4 Å². The highest BCUT2D eigenvalue weighted by Crippen LogP contribution is 2.30. The first-order chi connectivity index (χ1) is 10.3. The lowest BCUT2D eigenvalue weighted by molar-refractivity contribution is 0.0984. The minimum atomic E-state index is -0.0244. The molecule has 0 unspecified atom stereocenters. The highest BCUT2D eigenvalue weighted by atomic mass is 16.5. The maximum absolute atomic E-state index is 12.9. The molecular weight excluding hydrogens is 264 g/mol. The quantitative estimate of drug-likeness (QED) is 0.920. The van der Waals surface area contributed by atoms with Crippen LogP contribution in [0.5, 0.6) is 5.75 Å². The average Bonchev–Trinajstić information content (AvgIpc) is 2.76. The molecule has 4 nitrogen and oxygen atoms in total. The number of hydrogen-bond donors (Lipinski definition) is 1. The van der Waals surface area contributed by atoms with Crippen LogP contribution in [-0.2, 0) is 0 Å².